The fourth-order valence-corrected chi connectivity index (χ4v) is 5.05. The van der Waals surface area contributed by atoms with Crippen molar-refractivity contribution in [3.8, 4) is 5.75 Å². The average Bonchev–Trinajstić information content (AvgIpc) is 3.01. The summed E-state index contributed by atoms with van der Waals surface area (Å²) in [5.74, 6) is -0.577. The zero-order chi connectivity index (χ0) is 33.5. The van der Waals surface area contributed by atoms with Crippen molar-refractivity contribution < 1.29 is 28.9 Å². The lowest BCUT2D eigenvalue weighted by Gasteiger charge is -2.29. The van der Waals surface area contributed by atoms with Crippen LogP contribution in [0.2, 0.25) is 10.0 Å². The second kappa shape index (κ2) is 20.0. The van der Waals surface area contributed by atoms with Crippen molar-refractivity contribution in [2.24, 2.45) is 23.5 Å². The number of aliphatic hydroxyl groups excluding tert-OH is 1. The number of carbonyl (C=O) groups is 2. The third kappa shape index (κ3) is 13.1. The van der Waals surface area contributed by atoms with Crippen molar-refractivity contribution in [2.45, 2.75) is 85.2 Å². The molecule has 0 heterocycles. The van der Waals surface area contributed by atoms with Crippen LogP contribution in [0.1, 0.15) is 63.6 Å². The van der Waals surface area contributed by atoms with Gasteiger partial charge in [-0.25, -0.2) is 0 Å². The Hall–Kier alpha value is -2.40. The van der Waals surface area contributed by atoms with Gasteiger partial charge >= 0.3 is 0 Å². The first kappa shape index (κ1) is 38.8. The van der Waals surface area contributed by atoms with E-state index in [-0.39, 0.29) is 43.2 Å². The predicted octanol–water partition coefficient (Wildman–Crippen LogP) is 5.43. The van der Waals surface area contributed by atoms with Crippen LogP contribution in [-0.4, -0.2) is 62.0 Å². The normalized spacial score (nSPS) is 14.8. The first-order valence-electron chi connectivity index (χ1n) is 15.6. The van der Waals surface area contributed by atoms with E-state index < -0.39 is 24.1 Å². The van der Waals surface area contributed by atoms with Crippen molar-refractivity contribution in [3.63, 3.8) is 0 Å². The standard InChI is InChI=1S/C34H51Cl2N3O6/c1-7-22(4)32(34(42)38-18-24-11-12-27(35)28(36)15-24)39-33(41)26(21(2)3)17-30(40)29(37)20-44-19-25-10-9-23(5)31(16-25)45-14-8-13-43-6/h9-12,15-16,21-22,26,29-30,32,40H,7-8,13-14,17-20,37H2,1-6H3,(H,38,42)(H,39,41)/t22-,26-,29-,30-,32-/m0/s1. The minimum atomic E-state index is -0.980. The van der Waals surface area contributed by atoms with Crippen molar-refractivity contribution in [1.29, 1.82) is 0 Å². The molecule has 5 atom stereocenters. The molecule has 0 fully saturated rings. The van der Waals surface area contributed by atoms with Gasteiger partial charge < -0.3 is 35.7 Å². The Bertz CT molecular complexity index is 1210. The summed E-state index contributed by atoms with van der Waals surface area (Å²) in [6.45, 7) is 11.5. The Morgan fingerprint density at radius 1 is 1.00 bits per heavy atom. The molecule has 0 unspecified atom stereocenters. The number of hydrogen-bond donors (Lipinski definition) is 4. The minimum absolute atomic E-state index is 0.0977. The number of benzene rings is 2. The molecule has 9 nitrogen and oxygen atoms in total. The van der Waals surface area contributed by atoms with Crippen LogP contribution in [0, 0.1) is 24.7 Å². The topological polar surface area (TPSA) is 132 Å². The van der Waals surface area contributed by atoms with Crippen LogP contribution in [0.3, 0.4) is 0 Å². The number of hydrogen-bond acceptors (Lipinski definition) is 7. The highest BCUT2D eigenvalue weighted by Gasteiger charge is 2.32. The molecule has 2 aromatic rings. The molecule has 45 heavy (non-hydrogen) atoms. The van der Waals surface area contributed by atoms with Crippen LogP contribution in [-0.2, 0) is 32.2 Å². The van der Waals surface area contributed by atoms with Crippen molar-refractivity contribution in [3.05, 3.63) is 63.1 Å². The number of amides is 2. The molecule has 0 bridgehead atoms. The van der Waals surface area contributed by atoms with Gasteiger partial charge in [-0.05, 0) is 60.1 Å². The van der Waals surface area contributed by atoms with Gasteiger partial charge in [0, 0.05) is 32.6 Å². The van der Waals surface area contributed by atoms with E-state index in [0.717, 1.165) is 28.9 Å². The van der Waals surface area contributed by atoms with Crippen LogP contribution in [0.5, 0.6) is 5.75 Å². The van der Waals surface area contributed by atoms with Crippen LogP contribution in [0.4, 0.5) is 0 Å². The van der Waals surface area contributed by atoms with E-state index in [1.165, 1.54) is 0 Å². The molecule has 0 aromatic heterocycles. The molecule has 11 heteroatoms. The summed E-state index contributed by atoms with van der Waals surface area (Å²) in [5, 5.41) is 17.6. The number of ether oxygens (including phenoxy) is 3. The summed E-state index contributed by atoms with van der Waals surface area (Å²) in [6.07, 6.45) is 0.636. The predicted molar refractivity (Wildman–Crippen MR) is 179 cm³/mol. The van der Waals surface area contributed by atoms with Crippen LogP contribution >= 0.6 is 23.2 Å². The molecule has 0 spiro atoms. The zero-order valence-electron chi connectivity index (χ0n) is 27.4. The van der Waals surface area contributed by atoms with Gasteiger partial charge in [0.1, 0.15) is 11.8 Å². The van der Waals surface area contributed by atoms with Gasteiger partial charge in [-0.15, -0.1) is 0 Å². The van der Waals surface area contributed by atoms with Crippen molar-refractivity contribution in [2.75, 3.05) is 26.9 Å². The van der Waals surface area contributed by atoms with Crippen LogP contribution < -0.4 is 21.1 Å². The molecule has 252 valence electrons. The zero-order valence-corrected chi connectivity index (χ0v) is 28.9. The average molecular weight is 669 g/mol. The lowest BCUT2D eigenvalue weighted by atomic mass is 9.86. The first-order valence-corrected chi connectivity index (χ1v) is 16.4. The highest BCUT2D eigenvalue weighted by Crippen LogP contribution is 2.24. The number of nitrogens with one attached hydrogen (secondary N) is 2. The molecular weight excluding hydrogens is 617 g/mol. The number of carbonyl (C=O) groups excluding carboxylic acids is 2. The molecular formula is C34H51Cl2N3O6. The maximum atomic E-state index is 13.5. The SMILES string of the molecule is CC[C@H](C)[C@H](NC(=O)[C@@H](C[C@H](O)[C@@H](N)COCc1ccc(C)c(OCCCOC)c1)C(C)C)C(=O)NCc1ccc(Cl)c(Cl)c1. The smallest absolute Gasteiger partial charge is 0.243 e. The first-order chi connectivity index (χ1) is 21.4. The minimum Gasteiger partial charge on any atom is -0.493 e. The second-order valence-electron chi connectivity index (χ2n) is 12.0. The van der Waals surface area contributed by atoms with E-state index in [4.69, 9.17) is 43.1 Å². The number of nitrogens with two attached hydrogens (primary N) is 1. The molecule has 0 saturated heterocycles. The van der Waals surface area contributed by atoms with Crippen LogP contribution in [0.25, 0.3) is 0 Å². The maximum Gasteiger partial charge on any atom is 0.243 e. The number of aryl methyl sites for hydroxylation is 1. The highest BCUT2D eigenvalue weighted by molar-refractivity contribution is 6.42. The van der Waals surface area contributed by atoms with E-state index in [0.29, 0.717) is 36.3 Å². The summed E-state index contributed by atoms with van der Waals surface area (Å²) in [6, 6.07) is 9.59. The van der Waals surface area contributed by atoms with Crippen molar-refractivity contribution >= 4 is 35.0 Å². The quantitative estimate of drug-likeness (QED) is 0.138. The Kier molecular flexibility index (Phi) is 17.2. The van der Waals surface area contributed by atoms with E-state index in [9.17, 15) is 14.7 Å². The largest absolute Gasteiger partial charge is 0.493 e. The summed E-state index contributed by atoms with van der Waals surface area (Å²) < 4.78 is 16.8. The monoisotopic (exact) mass is 667 g/mol. The van der Waals surface area contributed by atoms with Gasteiger partial charge in [0.2, 0.25) is 11.8 Å². The highest BCUT2D eigenvalue weighted by atomic mass is 35.5. The molecule has 2 aromatic carbocycles. The summed E-state index contributed by atoms with van der Waals surface area (Å²) in [5.41, 5.74) is 9.04. The van der Waals surface area contributed by atoms with Gasteiger partial charge in [-0.2, -0.15) is 0 Å². The van der Waals surface area contributed by atoms with Gasteiger partial charge in [0.05, 0.1) is 42.0 Å². The van der Waals surface area contributed by atoms with Gasteiger partial charge in [-0.3, -0.25) is 9.59 Å². The Balaban J connectivity index is 1.94. The number of rotatable bonds is 20. The van der Waals surface area contributed by atoms with E-state index >= 15 is 0 Å². The summed E-state index contributed by atoms with van der Waals surface area (Å²) in [4.78, 5) is 26.7. The molecule has 0 aliphatic heterocycles. The van der Waals surface area contributed by atoms with Gasteiger partial charge in [0.25, 0.3) is 0 Å². The molecule has 0 aliphatic carbocycles. The molecule has 2 amide bonds. The molecule has 5 N–H and O–H groups in total. The molecule has 0 saturated carbocycles. The Labute approximate surface area is 278 Å². The lowest BCUT2D eigenvalue weighted by molar-refractivity contribution is -0.134. The third-order valence-electron chi connectivity index (χ3n) is 7.96. The summed E-state index contributed by atoms with van der Waals surface area (Å²) in [7, 11) is 1.66. The Morgan fingerprint density at radius 2 is 1.71 bits per heavy atom. The van der Waals surface area contributed by atoms with Crippen molar-refractivity contribution in [1.82, 2.24) is 10.6 Å². The van der Waals surface area contributed by atoms with Gasteiger partial charge in [-0.1, -0.05) is 75.5 Å². The number of methoxy groups -OCH3 is 1. The maximum absolute atomic E-state index is 13.5. The number of aliphatic hydroxyl groups is 1. The fraction of sp³-hybridized carbons (Fsp3) is 0.588. The Morgan fingerprint density at radius 3 is 2.36 bits per heavy atom. The van der Waals surface area contributed by atoms with E-state index in [1.807, 2.05) is 52.8 Å². The fourth-order valence-electron chi connectivity index (χ4n) is 4.73. The molecule has 0 radical (unpaired) electrons. The lowest BCUT2D eigenvalue weighted by Crippen LogP contribution is -2.52. The third-order valence-corrected chi connectivity index (χ3v) is 8.70. The van der Waals surface area contributed by atoms with E-state index in [2.05, 4.69) is 10.6 Å². The summed E-state index contributed by atoms with van der Waals surface area (Å²) >= 11 is 12.1. The second-order valence-corrected chi connectivity index (χ2v) is 12.8. The van der Waals surface area contributed by atoms with Crippen LogP contribution in [0.15, 0.2) is 36.4 Å². The molecule has 0 aliphatic rings. The van der Waals surface area contributed by atoms with Gasteiger partial charge in [0.15, 0.2) is 0 Å². The molecule has 2 rings (SSSR count). The van der Waals surface area contributed by atoms with E-state index in [1.54, 1.807) is 25.3 Å². The number of halogens is 2.